The van der Waals surface area contributed by atoms with Crippen LogP contribution < -0.4 is 11.1 Å². The Morgan fingerprint density at radius 3 is 2.73 bits per heavy atom. The van der Waals surface area contributed by atoms with Gasteiger partial charge in [-0.25, -0.2) is 4.68 Å². The first-order valence-corrected chi connectivity index (χ1v) is 9.39. The maximum atomic E-state index is 12.5. The molecule has 0 fully saturated rings. The molecule has 26 heavy (non-hydrogen) atoms. The fraction of sp³-hybridized carbons (Fsp3) is 0.562. The number of amides is 2. The van der Waals surface area contributed by atoms with E-state index >= 15 is 0 Å². The third kappa shape index (κ3) is 4.84. The van der Waals surface area contributed by atoms with Crippen molar-refractivity contribution in [2.45, 2.75) is 56.5 Å². The van der Waals surface area contributed by atoms with E-state index in [-0.39, 0.29) is 29.5 Å². The van der Waals surface area contributed by atoms with Crippen LogP contribution in [0, 0.1) is 0 Å². The third-order valence-electron chi connectivity index (χ3n) is 4.10. The average molecular weight is 379 g/mol. The Balaban J connectivity index is 1.99. The van der Waals surface area contributed by atoms with Gasteiger partial charge in [-0.05, 0) is 20.3 Å². The summed E-state index contributed by atoms with van der Waals surface area (Å²) < 4.78 is 3.58. The van der Waals surface area contributed by atoms with Gasteiger partial charge in [0.1, 0.15) is 11.6 Å². The molecule has 0 saturated heterocycles. The van der Waals surface area contributed by atoms with Crippen molar-refractivity contribution in [3.63, 3.8) is 0 Å². The predicted molar refractivity (Wildman–Crippen MR) is 99.7 cm³/mol. The van der Waals surface area contributed by atoms with Crippen molar-refractivity contribution in [2.75, 3.05) is 5.32 Å². The van der Waals surface area contributed by atoms with Crippen LogP contribution in [0.2, 0.25) is 0 Å². The number of anilines is 1. The Bertz CT molecular complexity index is 770. The van der Waals surface area contributed by atoms with Gasteiger partial charge in [-0.3, -0.25) is 9.59 Å². The number of aromatic nitrogens is 5. The number of aryl methyl sites for hydroxylation is 1. The molecular formula is C16H25N7O2S. The van der Waals surface area contributed by atoms with Gasteiger partial charge in [0.25, 0.3) is 0 Å². The second kappa shape index (κ2) is 8.84. The number of carbonyl (C=O) groups is 2. The number of thioether (sulfide) groups is 1. The molecule has 0 spiro atoms. The second-order valence-electron chi connectivity index (χ2n) is 6.09. The van der Waals surface area contributed by atoms with Crippen LogP contribution in [0.3, 0.4) is 0 Å². The Morgan fingerprint density at radius 1 is 1.35 bits per heavy atom. The van der Waals surface area contributed by atoms with Crippen LogP contribution in [0.1, 0.15) is 45.5 Å². The molecule has 2 rings (SSSR count). The van der Waals surface area contributed by atoms with Gasteiger partial charge in [-0.1, -0.05) is 18.7 Å². The summed E-state index contributed by atoms with van der Waals surface area (Å²) in [7, 11) is 1.81. The van der Waals surface area contributed by atoms with Crippen molar-refractivity contribution in [1.29, 1.82) is 0 Å². The van der Waals surface area contributed by atoms with Gasteiger partial charge in [-0.15, -0.1) is 10.2 Å². The van der Waals surface area contributed by atoms with Crippen LogP contribution in [0.25, 0.3) is 0 Å². The lowest BCUT2D eigenvalue weighted by atomic mass is 10.3. The number of hydrogen-bond donors (Lipinski definition) is 2. The summed E-state index contributed by atoms with van der Waals surface area (Å²) in [6.07, 6.45) is 3.23. The molecule has 142 valence electrons. The van der Waals surface area contributed by atoms with E-state index in [1.54, 1.807) is 28.6 Å². The number of primary amides is 1. The molecular weight excluding hydrogens is 354 g/mol. The van der Waals surface area contributed by atoms with Crippen molar-refractivity contribution in [2.24, 2.45) is 12.8 Å². The van der Waals surface area contributed by atoms with Gasteiger partial charge in [0.05, 0.1) is 17.5 Å². The van der Waals surface area contributed by atoms with E-state index in [0.29, 0.717) is 23.2 Å². The molecule has 10 heteroatoms. The monoisotopic (exact) mass is 379 g/mol. The second-order valence-corrected chi connectivity index (χ2v) is 7.40. The van der Waals surface area contributed by atoms with E-state index < -0.39 is 0 Å². The zero-order valence-corrected chi connectivity index (χ0v) is 16.3. The Kier molecular flexibility index (Phi) is 6.78. The van der Waals surface area contributed by atoms with Crippen molar-refractivity contribution in [3.8, 4) is 0 Å². The molecule has 0 radical (unpaired) electrons. The molecule has 0 aliphatic heterocycles. The lowest BCUT2D eigenvalue weighted by molar-refractivity contribution is -0.118. The summed E-state index contributed by atoms with van der Waals surface area (Å²) in [5, 5.41) is 15.6. The highest BCUT2D eigenvalue weighted by atomic mass is 32.2. The van der Waals surface area contributed by atoms with Crippen LogP contribution in [-0.2, 0) is 23.1 Å². The van der Waals surface area contributed by atoms with Crippen LogP contribution in [0.4, 0.5) is 5.82 Å². The molecule has 2 atom stereocenters. The third-order valence-corrected chi connectivity index (χ3v) is 5.24. The van der Waals surface area contributed by atoms with E-state index in [9.17, 15) is 9.59 Å². The number of nitrogens with zero attached hydrogens (tertiary/aromatic N) is 5. The fourth-order valence-corrected chi connectivity index (χ4v) is 3.11. The van der Waals surface area contributed by atoms with Crippen LogP contribution in [0.5, 0.6) is 0 Å². The minimum absolute atomic E-state index is 0.137. The molecule has 2 aromatic rings. The normalized spacial score (nSPS) is 13.4. The molecule has 2 amide bonds. The van der Waals surface area contributed by atoms with Gasteiger partial charge in [0.2, 0.25) is 11.8 Å². The summed E-state index contributed by atoms with van der Waals surface area (Å²) in [6, 6.07) is 1.99. The summed E-state index contributed by atoms with van der Waals surface area (Å²) in [4.78, 5) is 23.4. The van der Waals surface area contributed by atoms with Gasteiger partial charge in [0, 0.05) is 26.0 Å². The highest BCUT2D eigenvalue weighted by Crippen LogP contribution is 2.24. The molecule has 2 heterocycles. The highest BCUT2D eigenvalue weighted by molar-refractivity contribution is 8.00. The zero-order chi connectivity index (χ0) is 19.3. The standard InChI is InChI=1S/C16H25N7O2S/c1-5-10(2)23-13(8-9-18-23)19-15(25)11(3)26-16-21-20-14(22(16)4)7-6-12(17)24/h8-11H,5-7H2,1-4H3,(H2,17,24)(H,19,25)/t10-,11+/m0/s1. The van der Waals surface area contributed by atoms with Gasteiger partial charge in [0.15, 0.2) is 5.16 Å². The van der Waals surface area contributed by atoms with Crippen LogP contribution in [0.15, 0.2) is 17.4 Å². The number of nitrogens with one attached hydrogen (secondary N) is 1. The van der Waals surface area contributed by atoms with Crippen molar-refractivity contribution >= 4 is 29.4 Å². The van der Waals surface area contributed by atoms with Crippen molar-refractivity contribution < 1.29 is 9.59 Å². The quantitative estimate of drug-likeness (QED) is 0.637. The van der Waals surface area contributed by atoms with E-state index in [0.717, 1.165) is 6.42 Å². The molecule has 3 N–H and O–H groups in total. The van der Waals surface area contributed by atoms with Gasteiger partial charge < -0.3 is 15.6 Å². The Hall–Kier alpha value is -2.36. The molecule has 9 nitrogen and oxygen atoms in total. The van der Waals surface area contributed by atoms with Crippen LogP contribution >= 0.6 is 11.8 Å². The van der Waals surface area contributed by atoms with E-state index in [1.165, 1.54) is 11.8 Å². The smallest absolute Gasteiger partial charge is 0.238 e. The van der Waals surface area contributed by atoms with Gasteiger partial charge in [-0.2, -0.15) is 5.10 Å². The molecule has 0 bridgehead atoms. The Labute approximate surface area is 156 Å². The predicted octanol–water partition coefficient (Wildman–Crippen LogP) is 1.52. The van der Waals surface area contributed by atoms with Crippen molar-refractivity contribution in [1.82, 2.24) is 24.5 Å². The lowest BCUT2D eigenvalue weighted by Crippen LogP contribution is -2.25. The highest BCUT2D eigenvalue weighted by Gasteiger charge is 2.20. The molecule has 2 aromatic heterocycles. The van der Waals surface area contributed by atoms with Crippen LogP contribution in [-0.4, -0.2) is 41.6 Å². The average Bonchev–Trinajstić information content (AvgIpc) is 3.19. The van der Waals surface area contributed by atoms with E-state index in [2.05, 4.69) is 27.5 Å². The number of hydrogen-bond acceptors (Lipinski definition) is 6. The largest absolute Gasteiger partial charge is 0.370 e. The fourth-order valence-electron chi connectivity index (χ4n) is 2.28. The number of nitrogens with two attached hydrogens (primary N) is 1. The molecule has 0 unspecified atom stereocenters. The summed E-state index contributed by atoms with van der Waals surface area (Å²) in [5.74, 6) is 0.820. The Morgan fingerprint density at radius 2 is 2.08 bits per heavy atom. The number of rotatable bonds is 9. The van der Waals surface area contributed by atoms with E-state index in [4.69, 9.17) is 5.73 Å². The minimum Gasteiger partial charge on any atom is -0.370 e. The number of carbonyl (C=O) groups excluding carboxylic acids is 2. The molecule has 0 saturated carbocycles. The summed E-state index contributed by atoms with van der Waals surface area (Å²) in [6.45, 7) is 5.93. The topological polar surface area (TPSA) is 121 Å². The lowest BCUT2D eigenvalue weighted by Gasteiger charge is -2.16. The molecule has 0 aliphatic carbocycles. The maximum absolute atomic E-state index is 12.5. The van der Waals surface area contributed by atoms with Gasteiger partial charge >= 0.3 is 0 Å². The summed E-state index contributed by atoms with van der Waals surface area (Å²) in [5.41, 5.74) is 5.16. The molecule has 0 aliphatic rings. The summed E-state index contributed by atoms with van der Waals surface area (Å²) >= 11 is 1.31. The molecule has 0 aromatic carbocycles. The maximum Gasteiger partial charge on any atom is 0.238 e. The minimum atomic E-state index is -0.382. The zero-order valence-electron chi connectivity index (χ0n) is 15.5. The van der Waals surface area contributed by atoms with Crippen molar-refractivity contribution in [3.05, 3.63) is 18.1 Å². The first-order valence-electron chi connectivity index (χ1n) is 8.51. The SMILES string of the molecule is CC[C@H](C)n1nccc1NC(=O)[C@@H](C)Sc1nnc(CCC(N)=O)n1C. The van der Waals surface area contributed by atoms with E-state index in [1.807, 2.05) is 13.8 Å². The first kappa shape index (κ1) is 20.0. The first-order chi connectivity index (χ1) is 12.3.